The van der Waals surface area contributed by atoms with Gasteiger partial charge < -0.3 is 14.8 Å². The molecule has 0 aliphatic heterocycles. The number of aryl methyl sites for hydroxylation is 1. The number of carbonyl (C=O) groups is 2. The van der Waals surface area contributed by atoms with E-state index in [1.54, 1.807) is 12.3 Å². The van der Waals surface area contributed by atoms with Crippen LogP contribution in [0.25, 0.3) is 5.69 Å². The Bertz CT molecular complexity index is 1110. The summed E-state index contributed by atoms with van der Waals surface area (Å²) in [6.45, 7) is 3.66. The second-order valence-corrected chi connectivity index (χ2v) is 6.89. The Morgan fingerprint density at radius 3 is 2.67 bits per heavy atom. The Morgan fingerprint density at radius 1 is 1.23 bits per heavy atom. The second-order valence-electron chi connectivity index (χ2n) is 6.89. The zero-order chi connectivity index (χ0) is 21.8. The van der Waals surface area contributed by atoms with E-state index in [4.69, 9.17) is 0 Å². The van der Waals surface area contributed by atoms with Gasteiger partial charge in [-0.15, -0.1) is 0 Å². The third kappa shape index (κ3) is 4.35. The van der Waals surface area contributed by atoms with Gasteiger partial charge in [0, 0.05) is 36.8 Å². The fraction of sp³-hybridized carbons (Fsp3) is 0.190. The highest BCUT2D eigenvalue weighted by Crippen LogP contribution is 2.25. The molecule has 3 aromatic rings. The van der Waals surface area contributed by atoms with Crippen LogP contribution in [0.15, 0.2) is 55.1 Å². The lowest BCUT2D eigenvalue weighted by Gasteiger charge is -2.18. The number of hydrogen-bond donors (Lipinski definition) is 1. The van der Waals surface area contributed by atoms with Crippen LogP contribution in [-0.2, 0) is 4.79 Å². The van der Waals surface area contributed by atoms with E-state index in [0.29, 0.717) is 11.4 Å². The highest BCUT2D eigenvalue weighted by molar-refractivity contribution is 6.00. The Kier molecular flexibility index (Phi) is 5.91. The van der Waals surface area contributed by atoms with Crippen LogP contribution < -0.4 is 5.32 Å². The highest BCUT2D eigenvalue weighted by atomic mass is 16.6. The van der Waals surface area contributed by atoms with Crippen LogP contribution in [-0.4, -0.2) is 44.8 Å². The molecule has 0 aliphatic rings. The van der Waals surface area contributed by atoms with Gasteiger partial charge in [-0.1, -0.05) is 12.1 Å². The zero-order valence-electron chi connectivity index (χ0n) is 16.8. The molecular formula is C21H21N5O4. The maximum Gasteiger partial charge on any atom is 0.294 e. The number of rotatable bonds is 6. The van der Waals surface area contributed by atoms with Crippen molar-refractivity contribution in [2.75, 3.05) is 18.9 Å². The summed E-state index contributed by atoms with van der Waals surface area (Å²) in [5.41, 5.74) is 2.86. The summed E-state index contributed by atoms with van der Waals surface area (Å²) >= 11 is 0. The van der Waals surface area contributed by atoms with Gasteiger partial charge in [-0.05, 0) is 43.2 Å². The predicted octanol–water partition coefficient (Wildman–Crippen LogP) is 3.11. The number of hydrogen-bond acceptors (Lipinski definition) is 5. The summed E-state index contributed by atoms with van der Waals surface area (Å²) in [5, 5.41) is 14.3. The van der Waals surface area contributed by atoms with E-state index in [1.165, 1.54) is 47.2 Å². The molecule has 9 nitrogen and oxygen atoms in total. The van der Waals surface area contributed by atoms with Crippen molar-refractivity contribution in [3.8, 4) is 5.69 Å². The first-order chi connectivity index (χ1) is 14.3. The predicted molar refractivity (Wildman–Crippen MR) is 112 cm³/mol. The van der Waals surface area contributed by atoms with Gasteiger partial charge in [0.25, 0.3) is 11.6 Å². The summed E-state index contributed by atoms with van der Waals surface area (Å²) < 4.78 is 1.49. The number of amides is 2. The van der Waals surface area contributed by atoms with E-state index in [2.05, 4.69) is 10.3 Å². The van der Waals surface area contributed by atoms with Gasteiger partial charge in [0.05, 0.1) is 17.8 Å². The van der Waals surface area contributed by atoms with E-state index >= 15 is 0 Å². The topological polar surface area (TPSA) is 110 Å². The van der Waals surface area contributed by atoms with E-state index in [-0.39, 0.29) is 23.7 Å². The minimum absolute atomic E-state index is 0.118. The lowest BCUT2D eigenvalue weighted by molar-refractivity contribution is -0.384. The van der Waals surface area contributed by atoms with Crippen molar-refractivity contribution >= 4 is 23.2 Å². The van der Waals surface area contributed by atoms with Crippen molar-refractivity contribution < 1.29 is 14.5 Å². The highest BCUT2D eigenvalue weighted by Gasteiger charge is 2.21. The normalized spacial score (nSPS) is 10.5. The van der Waals surface area contributed by atoms with Gasteiger partial charge in [-0.3, -0.25) is 19.7 Å². The molecule has 154 valence electrons. The summed E-state index contributed by atoms with van der Waals surface area (Å²) in [7, 11) is 1.47. The molecule has 9 heteroatoms. The third-order valence-corrected chi connectivity index (χ3v) is 4.81. The SMILES string of the molecule is Cc1cccc(NC(=O)CN(C)C(=O)c2ccc(-n3ccnc3)c([N+](=O)[O-])c2)c1C. The lowest BCUT2D eigenvalue weighted by Crippen LogP contribution is -2.35. The zero-order valence-corrected chi connectivity index (χ0v) is 16.8. The first-order valence-corrected chi connectivity index (χ1v) is 9.16. The van der Waals surface area contributed by atoms with Crippen LogP contribution >= 0.6 is 0 Å². The summed E-state index contributed by atoms with van der Waals surface area (Å²) in [4.78, 5) is 41.1. The molecule has 0 saturated heterocycles. The number of likely N-dealkylation sites (N-methyl/N-ethyl adjacent to an activating group) is 1. The molecule has 1 heterocycles. The first-order valence-electron chi connectivity index (χ1n) is 9.16. The van der Waals surface area contributed by atoms with E-state index in [1.807, 2.05) is 26.0 Å². The van der Waals surface area contributed by atoms with Crippen molar-refractivity contribution in [1.29, 1.82) is 0 Å². The van der Waals surface area contributed by atoms with Crippen LogP contribution in [0.2, 0.25) is 0 Å². The molecule has 0 aliphatic carbocycles. The Morgan fingerprint density at radius 2 is 2.00 bits per heavy atom. The number of imidazole rings is 1. The number of aromatic nitrogens is 2. The van der Waals surface area contributed by atoms with Crippen LogP contribution in [0.1, 0.15) is 21.5 Å². The lowest BCUT2D eigenvalue weighted by atomic mass is 10.1. The molecular weight excluding hydrogens is 386 g/mol. The average Bonchev–Trinajstić information content (AvgIpc) is 3.25. The van der Waals surface area contributed by atoms with Crippen LogP contribution in [0.5, 0.6) is 0 Å². The molecule has 0 saturated carbocycles. The Hall–Kier alpha value is -4.01. The largest absolute Gasteiger partial charge is 0.332 e. The number of nitrogens with zero attached hydrogens (tertiary/aromatic N) is 4. The monoisotopic (exact) mass is 407 g/mol. The molecule has 3 rings (SSSR count). The molecule has 0 atom stereocenters. The number of anilines is 1. The molecule has 2 amide bonds. The van der Waals surface area contributed by atoms with Crippen LogP contribution in [0.4, 0.5) is 11.4 Å². The summed E-state index contributed by atoms with van der Waals surface area (Å²) in [6.07, 6.45) is 4.52. The third-order valence-electron chi connectivity index (χ3n) is 4.81. The maximum atomic E-state index is 12.7. The average molecular weight is 407 g/mol. The Balaban J connectivity index is 1.75. The van der Waals surface area contributed by atoms with Gasteiger partial charge in [0.1, 0.15) is 5.69 Å². The van der Waals surface area contributed by atoms with Gasteiger partial charge in [-0.25, -0.2) is 4.98 Å². The summed E-state index contributed by atoms with van der Waals surface area (Å²) in [6, 6.07) is 9.76. The quantitative estimate of drug-likeness (QED) is 0.499. The number of benzene rings is 2. The fourth-order valence-corrected chi connectivity index (χ4v) is 3.01. The number of nitro benzene ring substituents is 1. The van der Waals surface area contributed by atoms with Gasteiger partial charge in [0.15, 0.2) is 0 Å². The van der Waals surface area contributed by atoms with Gasteiger partial charge >= 0.3 is 0 Å². The number of nitrogens with one attached hydrogen (secondary N) is 1. The molecule has 1 N–H and O–H groups in total. The van der Waals surface area contributed by atoms with Crippen molar-refractivity contribution in [3.63, 3.8) is 0 Å². The van der Waals surface area contributed by atoms with Crippen LogP contribution in [0, 0.1) is 24.0 Å². The molecule has 0 unspecified atom stereocenters. The second kappa shape index (κ2) is 8.56. The van der Waals surface area contributed by atoms with E-state index in [0.717, 1.165) is 11.1 Å². The smallest absolute Gasteiger partial charge is 0.294 e. The maximum absolute atomic E-state index is 12.7. The standard InChI is InChI=1S/C21H21N5O4/c1-14-5-4-6-17(15(14)2)23-20(27)12-24(3)21(28)16-7-8-18(19(11-16)26(29)30)25-10-9-22-13-25/h4-11,13H,12H2,1-3H3,(H,23,27). The minimum Gasteiger partial charge on any atom is -0.332 e. The molecule has 2 aromatic carbocycles. The van der Waals surface area contributed by atoms with Gasteiger partial charge in [0.2, 0.25) is 5.91 Å². The molecule has 1 aromatic heterocycles. The molecule has 0 fully saturated rings. The Labute approximate surface area is 173 Å². The van der Waals surface area contributed by atoms with Crippen molar-refractivity contribution in [2.45, 2.75) is 13.8 Å². The van der Waals surface area contributed by atoms with Crippen molar-refractivity contribution in [2.24, 2.45) is 0 Å². The summed E-state index contributed by atoms with van der Waals surface area (Å²) in [5.74, 6) is -0.851. The van der Waals surface area contributed by atoms with Crippen molar-refractivity contribution in [1.82, 2.24) is 14.5 Å². The molecule has 0 bridgehead atoms. The number of carbonyl (C=O) groups excluding carboxylic acids is 2. The van der Waals surface area contributed by atoms with Gasteiger partial charge in [-0.2, -0.15) is 0 Å². The van der Waals surface area contributed by atoms with Crippen molar-refractivity contribution in [3.05, 3.63) is 81.9 Å². The minimum atomic E-state index is -0.556. The molecule has 0 radical (unpaired) electrons. The number of nitro groups is 1. The first kappa shape index (κ1) is 20.7. The van der Waals surface area contributed by atoms with Crippen LogP contribution in [0.3, 0.4) is 0 Å². The molecule has 0 spiro atoms. The molecule has 30 heavy (non-hydrogen) atoms. The fourth-order valence-electron chi connectivity index (χ4n) is 3.01. The van der Waals surface area contributed by atoms with E-state index < -0.39 is 10.8 Å². The van der Waals surface area contributed by atoms with E-state index in [9.17, 15) is 19.7 Å².